The standard InChI is InChI=1S/C10H9BrN2O4S2/c1-5-4-7(8(12-5)9(14)15)13-19(16,17)10-6(11)2-3-18-10/h2-4,12-13H,1H3,(H,14,15). The maximum absolute atomic E-state index is 12.1. The van der Waals surface area contributed by atoms with E-state index in [-0.39, 0.29) is 15.6 Å². The Labute approximate surface area is 121 Å². The normalized spacial score (nSPS) is 11.5. The molecular weight excluding hydrogens is 356 g/mol. The van der Waals surface area contributed by atoms with Gasteiger partial charge in [-0.25, -0.2) is 13.2 Å². The van der Waals surface area contributed by atoms with Gasteiger partial charge in [-0.3, -0.25) is 4.72 Å². The second-order valence-electron chi connectivity index (χ2n) is 3.71. The van der Waals surface area contributed by atoms with Crippen LogP contribution in [0, 0.1) is 6.92 Å². The maximum Gasteiger partial charge on any atom is 0.354 e. The highest BCUT2D eigenvalue weighted by Gasteiger charge is 2.23. The van der Waals surface area contributed by atoms with Gasteiger partial charge in [0.05, 0.1) is 5.69 Å². The van der Waals surface area contributed by atoms with E-state index in [9.17, 15) is 13.2 Å². The molecule has 0 aliphatic carbocycles. The lowest BCUT2D eigenvalue weighted by Crippen LogP contribution is -2.14. The molecule has 0 saturated carbocycles. The summed E-state index contributed by atoms with van der Waals surface area (Å²) < 4.78 is 27.1. The van der Waals surface area contributed by atoms with Crippen LogP contribution in [0.4, 0.5) is 5.69 Å². The third-order valence-electron chi connectivity index (χ3n) is 2.24. The van der Waals surface area contributed by atoms with Crippen LogP contribution in [0.5, 0.6) is 0 Å². The zero-order chi connectivity index (χ0) is 14.2. The fourth-order valence-electron chi connectivity index (χ4n) is 1.50. The molecule has 0 bridgehead atoms. The molecule has 2 rings (SSSR count). The summed E-state index contributed by atoms with van der Waals surface area (Å²) in [5.41, 5.74) is 0.388. The third kappa shape index (κ3) is 2.82. The summed E-state index contributed by atoms with van der Waals surface area (Å²) >= 11 is 4.18. The minimum absolute atomic E-state index is 0.0188. The van der Waals surface area contributed by atoms with E-state index in [0.29, 0.717) is 10.2 Å². The number of carboxylic acids is 1. The van der Waals surface area contributed by atoms with Crippen molar-refractivity contribution in [2.75, 3.05) is 4.72 Å². The highest BCUT2D eigenvalue weighted by molar-refractivity contribution is 9.10. The van der Waals surface area contributed by atoms with Crippen LogP contribution >= 0.6 is 27.3 Å². The number of nitrogens with one attached hydrogen (secondary N) is 2. The zero-order valence-corrected chi connectivity index (χ0v) is 12.8. The summed E-state index contributed by atoms with van der Waals surface area (Å²) in [6, 6.07) is 3.04. The van der Waals surface area contributed by atoms with Gasteiger partial charge in [0.1, 0.15) is 5.69 Å². The number of carbonyl (C=O) groups is 1. The quantitative estimate of drug-likeness (QED) is 0.776. The van der Waals surface area contributed by atoms with E-state index >= 15 is 0 Å². The number of halogens is 1. The summed E-state index contributed by atoms with van der Waals surface area (Å²) in [4.78, 5) is 13.6. The first-order valence-electron chi connectivity index (χ1n) is 5.00. The first-order chi connectivity index (χ1) is 8.81. The molecule has 0 fully saturated rings. The highest BCUT2D eigenvalue weighted by atomic mass is 79.9. The van der Waals surface area contributed by atoms with Gasteiger partial charge in [0.2, 0.25) is 0 Å². The van der Waals surface area contributed by atoms with Gasteiger partial charge in [-0.15, -0.1) is 11.3 Å². The molecule has 0 atom stereocenters. The van der Waals surface area contributed by atoms with E-state index in [0.717, 1.165) is 11.3 Å². The van der Waals surface area contributed by atoms with Crippen LogP contribution < -0.4 is 4.72 Å². The summed E-state index contributed by atoms with van der Waals surface area (Å²) in [7, 11) is -3.81. The summed E-state index contributed by atoms with van der Waals surface area (Å²) in [5, 5.41) is 10.6. The maximum atomic E-state index is 12.1. The highest BCUT2D eigenvalue weighted by Crippen LogP contribution is 2.30. The van der Waals surface area contributed by atoms with Crippen LogP contribution in [0.2, 0.25) is 0 Å². The topological polar surface area (TPSA) is 99.3 Å². The fraction of sp³-hybridized carbons (Fsp3) is 0.100. The van der Waals surface area contributed by atoms with E-state index < -0.39 is 16.0 Å². The van der Waals surface area contributed by atoms with E-state index in [1.165, 1.54) is 6.07 Å². The van der Waals surface area contributed by atoms with Gasteiger partial charge in [0, 0.05) is 10.2 Å². The van der Waals surface area contributed by atoms with Crippen molar-refractivity contribution >= 4 is 48.9 Å². The average molecular weight is 365 g/mol. The third-order valence-corrected chi connectivity index (χ3v) is 6.27. The Bertz CT molecular complexity index is 733. The molecule has 6 nitrogen and oxygen atoms in total. The van der Waals surface area contributed by atoms with Crippen LogP contribution in [0.15, 0.2) is 26.2 Å². The van der Waals surface area contributed by atoms with Crippen molar-refractivity contribution < 1.29 is 18.3 Å². The predicted octanol–water partition coefficient (Wildman–Crippen LogP) is 2.65. The average Bonchev–Trinajstić information content (AvgIpc) is 2.84. The molecule has 19 heavy (non-hydrogen) atoms. The number of H-pyrrole nitrogens is 1. The molecule has 2 heterocycles. The second-order valence-corrected chi connectivity index (χ2v) is 7.36. The van der Waals surface area contributed by atoms with Gasteiger partial charge < -0.3 is 10.1 Å². The molecule has 0 unspecified atom stereocenters. The van der Waals surface area contributed by atoms with Crippen molar-refractivity contribution in [3.05, 3.63) is 33.4 Å². The molecule has 0 aliphatic heterocycles. The minimum Gasteiger partial charge on any atom is -0.477 e. The lowest BCUT2D eigenvalue weighted by Gasteiger charge is -2.05. The van der Waals surface area contributed by atoms with Crippen molar-refractivity contribution in [1.82, 2.24) is 4.98 Å². The van der Waals surface area contributed by atoms with E-state index in [1.54, 1.807) is 18.4 Å². The summed E-state index contributed by atoms with van der Waals surface area (Å²) in [6.07, 6.45) is 0. The van der Waals surface area contributed by atoms with Gasteiger partial charge in [-0.2, -0.15) is 0 Å². The minimum atomic E-state index is -3.81. The number of carboxylic acid groups (broad SMARTS) is 1. The molecule has 2 aromatic heterocycles. The summed E-state index contributed by atoms with van der Waals surface area (Å²) in [6.45, 7) is 1.64. The molecule has 0 saturated heterocycles. The van der Waals surface area contributed by atoms with Gasteiger partial charge in [0.15, 0.2) is 4.21 Å². The Morgan fingerprint density at radius 1 is 1.53 bits per heavy atom. The van der Waals surface area contributed by atoms with Crippen molar-refractivity contribution in [2.45, 2.75) is 11.1 Å². The molecule has 0 spiro atoms. The number of rotatable bonds is 4. The number of hydrogen-bond acceptors (Lipinski definition) is 4. The number of aromatic carboxylic acids is 1. The fourth-order valence-corrected chi connectivity index (χ4v) is 4.90. The van der Waals surface area contributed by atoms with Crippen LogP contribution in [0.25, 0.3) is 0 Å². The Morgan fingerprint density at radius 2 is 2.21 bits per heavy atom. The SMILES string of the molecule is Cc1cc(NS(=O)(=O)c2sccc2Br)c(C(=O)O)[nH]1. The number of sulfonamides is 1. The Hall–Kier alpha value is -1.32. The monoisotopic (exact) mass is 364 g/mol. The Balaban J connectivity index is 2.42. The molecule has 102 valence electrons. The molecule has 0 aliphatic rings. The van der Waals surface area contributed by atoms with E-state index in [2.05, 4.69) is 25.6 Å². The van der Waals surface area contributed by atoms with Crippen LogP contribution in [0.1, 0.15) is 16.2 Å². The molecule has 0 aromatic carbocycles. The Kier molecular flexibility index (Phi) is 3.70. The number of aromatic nitrogens is 1. The van der Waals surface area contributed by atoms with Crippen molar-refractivity contribution in [2.24, 2.45) is 0 Å². The van der Waals surface area contributed by atoms with Crippen molar-refractivity contribution in [3.8, 4) is 0 Å². The largest absolute Gasteiger partial charge is 0.477 e. The lowest BCUT2D eigenvalue weighted by atomic mass is 10.4. The van der Waals surface area contributed by atoms with Gasteiger partial charge >= 0.3 is 5.97 Å². The van der Waals surface area contributed by atoms with Crippen molar-refractivity contribution in [1.29, 1.82) is 0 Å². The number of aromatic amines is 1. The molecule has 2 aromatic rings. The number of thiophene rings is 1. The van der Waals surface area contributed by atoms with Crippen molar-refractivity contribution in [3.63, 3.8) is 0 Å². The molecule has 3 N–H and O–H groups in total. The molecule has 9 heteroatoms. The zero-order valence-electron chi connectivity index (χ0n) is 9.60. The smallest absolute Gasteiger partial charge is 0.354 e. The summed E-state index contributed by atoms with van der Waals surface area (Å²) in [5.74, 6) is -1.23. The number of anilines is 1. The number of aryl methyl sites for hydroxylation is 1. The number of hydrogen-bond donors (Lipinski definition) is 3. The molecular formula is C10H9BrN2O4S2. The molecule has 0 amide bonds. The van der Waals surface area contributed by atoms with Crippen LogP contribution in [-0.4, -0.2) is 24.5 Å². The predicted molar refractivity (Wildman–Crippen MR) is 75.3 cm³/mol. The molecule has 0 radical (unpaired) electrons. The van der Waals surface area contributed by atoms with Gasteiger partial charge in [-0.05, 0) is 40.4 Å². The first kappa shape index (κ1) is 14.1. The Morgan fingerprint density at radius 3 is 2.74 bits per heavy atom. The second kappa shape index (κ2) is 4.99. The van der Waals surface area contributed by atoms with Gasteiger partial charge in [-0.1, -0.05) is 0 Å². The first-order valence-corrected chi connectivity index (χ1v) is 8.15. The van der Waals surface area contributed by atoms with Crippen LogP contribution in [0.3, 0.4) is 0 Å². The van der Waals surface area contributed by atoms with E-state index in [4.69, 9.17) is 5.11 Å². The van der Waals surface area contributed by atoms with Gasteiger partial charge in [0.25, 0.3) is 10.0 Å². The van der Waals surface area contributed by atoms with Crippen LogP contribution in [-0.2, 0) is 10.0 Å². The lowest BCUT2D eigenvalue weighted by molar-refractivity contribution is 0.0692. The van der Waals surface area contributed by atoms with E-state index in [1.807, 2.05) is 0 Å².